The maximum Gasteiger partial charge on any atom is 0.0465 e. The molecule has 0 aromatic carbocycles. The van der Waals surface area contributed by atoms with Gasteiger partial charge >= 0.3 is 19.8 Å². The smallest absolute Gasteiger partial charge is 0.0465 e. The first kappa shape index (κ1) is 8.81. The van der Waals surface area contributed by atoms with Crippen molar-refractivity contribution in [3.05, 3.63) is 0 Å². The van der Waals surface area contributed by atoms with Crippen molar-refractivity contribution in [3.8, 4) is 0 Å². The van der Waals surface area contributed by atoms with E-state index >= 15 is 0 Å². The molecule has 48 valence electrons. The first-order chi connectivity index (χ1) is 3.39. The molecule has 3 heteroatoms. The molecule has 0 spiro atoms. The average Bonchev–Trinajstić information content (AvgIpc) is 1.69. The second-order valence-electron chi connectivity index (χ2n) is 2.18. The molecule has 8 heavy (non-hydrogen) atoms. The third-order valence-corrected chi connectivity index (χ3v) is 2.32. The maximum atomic E-state index is 5.34. The van der Waals surface area contributed by atoms with E-state index in [-0.39, 0.29) is 19.8 Å². The molecule has 1 aliphatic rings. The van der Waals surface area contributed by atoms with E-state index in [0.717, 1.165) is 6.61 Å². The molecule has 1 fully saturated rings. The Hall–Kier alpha value is 0.813. The van der Waals surface area contributed by atoms with Crippen LogP contribution in [0.15, 0.2) is 0 Å². The summed E-state index contributed by atoms with van der Waals surface area (Å²) in [5.41, 5.74) is 0.675. The Balaban J connectivity index is 0.000000490. The van der Waals surface area contributed by atoms with Crippen LogP contribution in [0.2, 0.25) is 0 Å². The summed E-state index contributed by atoms with van der Waals surface area (Å²) in [5.74, 6) is 0. The van der Waals surface area contributed by atoms with Gasteiger partial charge in [-0.3, -0.25) is 0 Å². The summed E-state index contributed by atoms with van der Waals surface area (Å²) >= 11 is 0. The van der Waals surface area contributed by atoms with E-state index < -0.39 is 0 Å². The van der Waals surface area contributed by atoms with Crippen LogP contribution in [0.25, 0.3) is 0 Å². The second kappa shape index (κ2) is 4.67. The van der Waals surface area contributed by atoms with Crippen molar-refractivity contribution in [1.29, 1.82) is 0 Å². The molecule has 0 N–H and O–H groups in total. The van der Waals surface area contributed by atoms with Crippen molar-refractivity contribution in [2.75, 3.05) is 6.61 Å². The minimum atomic E-state index is 0. The van der Waals surface area contributed by atoms with Crippen LogP contribution in [0.3, 0.4) is 0 Å². The molecule has 0 aliphatic carbocycles. The van der Waals surface area contributed by atoms with Crippen LogP contribution in [0.1, 0.15) is 19.3 Å². The molecule has 1 saturated heterocycles. The van der Waals surface area contributed by atoms with Crippen LogP contribution in [-0.4, -0.2) is 42.4 Å². The van der Waals surface area contributed by atoms with E-state index in [4.69, 9.17) is 4.74 Å². The Morgan fingerprint density at radius 3 is 2.38 bits per heavy atom. The van der Waals surface area contributed by atoms with E-state index in [9.17, 15) is 0 Å². The van der Waals surface area contributed by atoms with Gasteiger partial charge in [-0.1, -0.05) is 0 Å². The van der Waals surface area contributed by atoms with Crippen molar-refractivity contribution in [2.24, 2.45) is 0 Å². The van der Waals surface area contributed by atoms with Gasteiger partial charge in [-0.15, -0.1) is 0 Å². The summed E-state index contributed by atoms with van der Waals surface area (Å²) in [4.78, 5) is 0. The maximum absolute atomic E-state index is 5.34. The molecule has 0 amide bonds. The number of hydrogen-bond acceptors (Lipinski definition) is 1. The van der Waals surface area contributed by atoms with E-state index in [1.165, 1.54) is 29.5 Å². The van der Waals surface area contributed by atoms with Crippen LogP contribution in [0.5, 0.6) is 0 Å². The van der Waals surface area contributed by atoms with Crippen LogP contribution < -0.4 is 0 Å². The van der Waals surface area contributed by atoms with E-state index in [0.29, 0.717) is 5.73 Å². The first-order valence-electron chi connectivity index (χ1n) is 3.01. The average molecular weight is 189 g/mol. The SMILES string of the molecule is [GaH3].[SiH3]C1CCCCO1. The number of rotatable bonds is 0. The topological polar surface area (TPSA) is 9.23 Å². The number of hydrogen-bond donors (Lipinski definition) is 0. The molecule has 1 aliphatic heterocycles. The Morgan fingerprint density at radius 1 is 1.38 bits per heavy atom. The fraction of sp³-hybridized carbons (Fsp3) is 1.00. The van der Waals surface area contributed by atoms with Gasteiger partial charge in [0.15, 0.2) is 0 Å². The Kier molecular flexibility index (Phi) is 5.14. The van der Waals surface area contributed by atoms with E-state index in [1.54, 1.807) is 0 Å². The molecule has 1 unspecified atom stereocenters. The minimum Gasteiger partial charge on any atom is -0.383 e. The zero-order valence-corrected chi connectivity index (χ0v) is 6.81. The fourth-order valence-corrected chi connectivity index (χ4v) is 1.55. The summed E-state index contributed by atoms with van der Waals surface area (Å²) in [6.45, 7) is 1.02. The van der Waals surface area contributed by atoms with Gasteiger partial charge in [0.25, 0.3) is 0 Å². The van der Waals surface area contributed by atoms with Crippen molar-refractivity contribution in [3.63, 3.8) is 0 Å². The predicted molar refractivity (Wildman–Crippen MR) is 43.5 cm³/mol. The molecule has 1 rings (SSSR count). The van der Waals surface area contributed by atoms with Crippen LogP contribution in [0, 0.1) is 0 Å². The quantitative estimate of drug-likeness (QED) is 0.430. The molecule has 0 radical (unpaired) electrons. The van der Waals surface area contributed by atoms with Crippen LogP contribution in [0.4, 0.5) is 0 Å². The van der Waals surface area contributed by atoms with Gasteiger partial charge in [-0.2, -0.15) is 0 Å². The van der Waals surface area contributed by atoms with Gasteiger partial charge < -0.3 is 4.74 Å². The normalized spacial score (nSPS) is 29.2. The fourth-order valence-electron chi connectivity index (χ4n) is 0.902. The third kappa shape index (κ3) is 2.96. The largest absolute Gasteiger partial charge is 0.383 e. The van der Waals surface area contributed by atoms with Crippen molar-refractivity contribution < 1.29 is 4.74 Å². The van der Waals surface area contributed by atoms with Crippen LogP contribution in [-0.2, 0) is 4.74 Å². The molecule has 0 bridgehead atoms. The molecule has 1 heterocycles. The standard InChI is InChI=1S/C5H12OSi.Ga.3H/c7-5-3-1-2-4-6-5;;;;/h5H,1-4H2,7H3;;;;. The third-order valence-electron chi connectivity index (χ3n) is 1.41. The van der Waals surface area contributed by atoms with E-state index in [2.05, 4.69) is 0 Å². The zero-order chi connectivity index (χ0) is 5.11. The van der Waals surface area contributed by atoms with Gasteiger partial charge in [-0.05, 0) is 19.3 Å². The van der Waals surface area contributed by atoms with Gasteiger partial charge in [0.05, 0.1) is 0 Å². The van der Waals surface area contributed by atoms with Gasteiger partial charge in [-0.25, -0.2) is 0 Å². The molecule has 0 aromatic heterocycles. The summed E-state index contributed by atoms with van der Waals surface area (Å²) in [5, 5.41) is 0. The molecule has 0 saturated carbocycles. The van der Waals surface area contributed by atoms with Crippen LogP contribution >= 0.6 is 0 Å². The summed E-state index contributed by atoms with van der Waals surface area (Å²) in [6.07, 6.45) is 4.01. The molecule has 0 aromatic rings. The molecule has 1 atom stereocenters. The Labute approximate surface area is 66.7 Å². The second-order valence-corrected chi connectivity index (χ2v) is 3.47. The summed E-state index contributed by atoms with van der Waals surface area (Å²) in [7, 11) is 1.23. The van der Waals surface area contributed by atoms with E-state index in [1.807, 2.05) is 0 Å². The molecular weight excluding hydrogens is 174 g/mol. The van der Waals surface area contributed by atoms with Gasteiger partial charge in [0, 0.05) is 22.6 Å². The summed E-state index contributed by atoms with van der Waals surface area (Å²) in [6, 6.07) is 0. The molecular formula is C5H15GaOSi. The van der Waals surface area contributed by atoms with Crippen molar-refractivity contribution in [1.82, 2.24) is 0 Å². The first-order valence-corrected chi connectivity index (χ1v) is 4.16. The van der Waals surface area contributed by atoms with Gasteiger partial charge in [0.2, 0.25) is 0 Å². The van der Waals surface area contributed by atoms with Crippen molar-refractivity contribution in [2.45, 2.75) is 25.0 Å². The Bertz CT molecular complexity index is 54.4. The zero-order valence-electron chi connectivity index (χ0n) is 4.81. The minimum absolute atomic E-state index is 0. The molecule has 1 nitrogen and oxygen atoms in total. The van der Waals surface area contributed by atoms with Gasteiger partial charge in [0.1, 0.15) is 0 Å². The Morgan fingerprint density at radius 2 is 2.12 bits per heavy atom. The summed E-state index contributed by atoms with van der Waals surface area (Å²) < 4.78 is 5.34. The monoisotopic (exact) mass is 188 g/mol. The number of ether oxygens (including phenoxy) is 1. The van der Waals surface area contributed by atoms with Crippen molar-refractivity contribution >= 4 is 30.0 Å². The predicted octanol–water partition coefficient (Wildman–Crippen LogP) is -1.31.